The third-order valence-electron chi connectivity index (χ3n) is 6.57. The molecule has 4 rings (SSSR count). The van der Waals surface area contributed by atoms with Gasteiger partial charge in [0.15, 0.2) is 0 Å². The van der Waals surface area contributed by atoms with Crippen LogP contribution in [-0.4, -0.2) is 26.1 Å². The van der Waals surface area contributed by atoms with Crippen molar-refractivity contribution >= 4 is 23.6 Å². The van der Waals surface area contributed by atoms with E-state index in [2.05, 4.69) is 4.74 Å². The molecule has 0 spiro atoms. The number of anilines is 1. The van der Waals surface area contributed by atoms with Gasteiger partial charge in [-0.25, -0.2) is 4.79 Å². The summed E-state index contributed by atoms with van der Waals surface area (Å²) in [6, 6.07) is 23.0. The Kier molecular flexibility index (Phi) is 8.09. The van der Waals surface area contributed by atoms with Gasteiger partial charge in [0.2, 0.25) is 5.91 Å². The van der Waals surface area contributed by atoms with Crippen molar-refractivity contribution in [2.45, 2.75) is 38.6 Å². The summed E-state index contributed by atoms with van der Waals surface area (Å²) in [6.45, 7) is -0.904. The van der Waals surface area contributed by atoms with Crippen LogP contribution in [0.1, 0.15) is 44.6 Å². The molecule has 3 aromatic carbocycles. The van der Waals surface area contributed by atoms with Crippen molar-refractivity contribution in [2.75, 3.05) is 19.1 Å². The van der Waals surface area contributed by atoms with E-state index in [0.29, 0.717) is 5.69 Å². The van der Waals surface area contributed by atoms with Crippen molar-refractivity contribution < 1.29 is 20.4 Å². The first-order valence-electron chi connectivity index (χ1n) is 12.9. The van der Waals surface area contributed by atoms with Crippen LogP contribution in [0.3, 0.4) is 0 Å². The Bertz CT molecular complexity index is 1230. The van der Waals surface area contributed by atoms with Crippen LogP contribution in [0.15, 0.2) is 78.9 Å². The number of ether oxygens (including phenoxy) is 2. The van der Waals surface area contributed by atoms with Crippen LogP contribution in [0.4, 0.5) is 5.69 Å². The Balaban J connectivity index is 1.64. The fourth-order valence-corrected chi connectivity index (χ4v) is 4.52. The van der Waals surface area contributed by atoms with Gasteiger partial charge in [-0.1, -0.05) is 67.8 Å². The van der Waals surface area contributed by atoms with Gasteiger partial charge in [0.1, 0.15) is 5.75 Å². The second-order valence-electron chi connectivity index (χ2n) is 8.97. The number of esters is 1. The number of methoxy groups -OCH3 is 2. The van der Waals surface area contributed by atoms with Gasteiger partial charge in [-0.15, -0.1) is 0 Å². The average Bonchev–Trinajstić information content (AvgIpc) is 2.96. The SMILES string of the molecule is [2H]C(c1ccc(-c2ccc(OC)cc2)cc1)N(C(=O)C1CCCCC1)c1cccc(/C=C/C(=O)OC)c1. The molecule has 36 heavy (non-hydrogen) atoms. The zero-order valence-corrected chi connectivity index (χ0v) is 20.9. The minimum atomic E-state index is -0.904. The summed E-state index contributed by atoms with van der Waals surface area (Å²) >= 11 is 0. The molecule has 0 saturated heterocycles. The molecule has 1 fully saturated rings. The molecule has 3 aromatic rings. The van der Waals surface area contributed by atoms with Crippen molar-refractivity contribution in [3.05, 3.63) is 90.0 Å². The van der Waals surface area contributed by atoms with E-state index in [0.717, 1.165) is 60.1 Å². The highest BCUT2D eigenvalue weighted by Crippen LogP contribution is 2.30. The summed E-state index contributed by atoms with van der Waals surface area (Å²) < 4.78 is 19.1. The molecule has 0 N–H and O–H groups in total. The van der Waals surface area contributed by atoms with Gasteiger partial charge in [-0.2, -0.15) is 0 Å². The molecule has 1 saturated carbocycles. The lowest BCUT2D eigenvalue weighted by atomic mass is 9.88. The fraction of sp³-hybridized carbons (Fsp3) is 0.290. The van der Waals surface area contributed by atoms with Crippen molar-refractivity contribution in [2.24, 2.45) is 5.92 Å². The van der Waals surface area contributed by atoms with Gasteiger partial charge in [-0.3, -0.25) is 4.79 Å². The van der Waals surface area contributed by atoms with Crippen molar-refractivity contribution in [1.29, 1.82) is 0 Å². The van der Waals surface area contributed by atoms with Gasteiger partial charge in [0.05, 0.1) is 22.1 Å². The van der Waals surface area contributed by atoms with E-state index in [1.807, 2.05) is 72.8 Å². The number of rotatable bonds is 8. The second kappa shape index (κ2) is 12.2. The minimum absolute atomic E-state index is 0.0203. The largest absolute Gasteiger partial charge is 0.497 e. The van der Waals surface area contributed by atoms with Crippen LogP contribution >= 0.6 is 0 Å². The van der Waals surface area contributed by atoms with Gasteiger partial charge in [-0.05, 0) is 65.4 Å². The first-order valence-corrected chi connectivity index (χ1v) is 12.4. The predicted molar refractivity (Wildman–Crippen MR) is 144 cm³/mol. The molecule has 1 aliphatic rings. The van der Waals surface area contributed by atoms with E-state index >= 15 is 0 Å². The van der Waals surface area contributed by atoms with Crippen LogP contribution in [0.5, 0.6) is 5.75 Å². The van der Waals surface area contributed by atoms with Gasteiger partial charge < -0.3 is 14.4 Å². The summed E-state index contributed by atoms with van der Waals surface area (Å²) in [5.74, 6) is 0.241. The summed E-state index contributed by atoms with van der Waals surface area (Å²) in [5.41, 5.74) is 4.21. The van der Waals surface area contributed by atoms with Crippen molar-refractivity contribution in [1.82, 2.24) is 0 Å². The van der Waals surface area contributed by atoms with E-state index in [1.54, 1.807) is 18.1 Å². The fourth-order valence-electron chi connectivity index (χ4n) is 4.52. The molecule has 0 heterocycles. The number of carbonyl (C=O) groups excluding carboxylic acids is 2. The highest BCUT2D eigenvalue weighted by atomic mass is 16.5. The summed E-state index contributed by atoms with van der Waals surface area (Å²) in [7, 11) is 2.97. The number of hydrogen-bond donors (Lipinski definition) is 0. The highest BCUT2D eigenvalue weighted by Gasteiger charge is 2.27. The van der Waals surface area contributed by atoms with Gasteiger partial charge >= 0.3 is 5.97 Å². The van der Waals surface area contributed by atoms with Crippen molar-refractivity contribution in [3.8, 4) is 16.9 Å². The van der Waals surface area contributed by atoms with E-state index in [-0.39, 0.29) is 11.8 Å². The van der Waals surface area contributed by atoms with E-state index < -0.39 is 12.5 Å². The van der Waals surface area contributed by atoms with E-state index in [4.69, 9.17) is 6.11 Å². The smallest absolute Gasteiger partial charge is 0.330 e. The lowest BCUT2D eigenvalue weighted by molar-refractivity contribution is -0.134. The predicted octanol–water partition coefficient (Wildman–Crippen LogP) is 6.66. The van der Waals surface area contributed by atoms with E-state index in [9.17, 15) is 9.59 Å². The molecule has 1 amide bonds. The lowest BCUT2D eigenvalue weighted by Gasteiger charge is -2.30. The Hall–Kier alpha value is -3.86. The molecule has 5 heteroatoms. The molecule has 1 unspecified atom stereocenters. The monoisotopic (exact) mass is 484 g/mol. The molecule has 5 nitrogen and oxygen atoms in total. The molecule has 1 aliphatic carbocycles. The number of nitrogens with zero attached hydrogens (tertiary/aromatic N) is 1. The van der Waals surface area contributed by atoms with E-state index in [1.165, 1.54) is 13.2 Å². The Morgan fingerprint density at radius 1 is 0.944 bits per heavy atom. The van der Waals surface area contributed by atoms with Crippen LogP contribution in [0, 0.1) is 5.92 Å². The van der Waals surface area contributed by atoms with Crippen LogP contribution < -0.4 is 9.64 Å². The maximum atomic E-state index is 13.8. The molecular weight excluding hydrogens is 450 g/mol. The molecule has 1 atom stereocenters. The zero-order chi connectivity index (χ0) is 26.2. The summed E-state index contributed by atoms with van der Waals surface area (Å²) in [4.78, 5) is 27.0. The van der Waals surface area contributed by atoms with Gasteiger partial charge in [0, 0.05) is 17.7 Å². The van der Waals surface area contributed by atoms with Crippen LogP contribution in [0.2, 0.25) is 0 Å². The Morgan fingerprint density at radius 2 is 1.61 bits per heavy atom. The first-order chi connectivity index (χ1) is 18.0. The number of carbonyl (C=O) groups is 2. The first kappa shape index (κ1) is 23.9. The maximum Gasteiger partial charge on any atom is 0.330 e. The Labute approximate surface area is 214 Å². The molecule has 0 aromatic heterocycles. The zero-order valence-electron chi connectivity index (χ0n) is 21.9. The number of amides is 1. The van der Waals surface area contributed by atoms with Crippen LogP contribution in [0.25, 0.3) is 17.2 Å². The topological polar surface area (TPSA) is 55.8 Å². The highest BCUT2D eigenvalue weighted by molar-refractivity contribution is 5.95. The minimum Gasteiger partial charge on any atom is -0.497 e. The van der Waals surface area contributed by atoms with Gasteiger partial charge in [0.25, 0.3) is 0 Å². The average molecular weight is 485 g/mol. The molecule has 186 valence electrons. The summed E-state index contributed by atoms with van der Waals surface area (Å²) in [6.07, 6.45) is 7.91. The quantitative estimate of drug-likeness (QED) is 0.265. The third-order valence-corrected chi connectivity index (χ3v) is 6.57. The molecular formula is C31H33NO4. The second-order valence-corrected chi connectivity index (χ2v) is 8.97. The van der Waals surface area contributed by atoms with Crippen molar-refractivity contribution in [3.63, 3.8) is 0 Å². The number of benzene rings is 3. The summed E-state index contributed by atoms with van der Waals surface area (Å²) in [5, 5.41) is 0. The molecule has 0 aliphatic heterocycles. The Morgan fingerprint density at radius 3 is 2.25 bits per heavy atom. The number of hydrogen-bond acceptors (Lipinski definition) is 4. The molecule has 0 radical (unpaired) electrons. The third kappa shape index (κ3) is 6.42. The molecule has 0 bridgehead atoms. The lowest BCUT2D eigenvalue weighted by Crippen LogP contribution is -2.36. The maximum absolute atomic E-state index is 13.8. The standard InChI is InChI=1S/C31H33NO4/c1-35-29-18-16-26(17-19-29)25-14-11-24(12-15-25)22-32(31(34)27-8-4-3-5-9-27)28-10-6-7-23(21-28)13-20-30(33)36-2/h6-7,10-21,27H,3-5,8-9,22H2,1-2H3/b20-13+/i22D. The normalized spacial score (nSPS) is 15.2. The van der Waals surface area contributed by atoms with Crippen LogP contribution in [-0.2, 0) is 20.8 Å².